The second kappa shape index (κ2) is 21.0. The van der Waals surface area contributed by atoms with Crippen LogP contribution in [0.1, 0.15) is 167 Å². The number of phenols is 1. The van der Waals surface area contributed by atoms with Crippen molar-refractivity contribution in [2.75, 3.05) is 24.4 Å². The molecule has 2 heterocycles. The number of nitrogens with zero attached hydrogens (tertiary/aromatic N) is 4. The second-order valence-corrected chi connectivity index (χ2v) is 24.7. The third-order valence-electron chi connectivity index (χ3n) is 17.1. The van der Waals surface area contributed by atoms with Crippen LogP contribution in [-0.4, -0.2) is 52.0 Å². The summed E-state index contributed by atoms with van der Waals surface area (Å²) in [6.45, 7) is 13.7. The van der Waals surface area contributed by atoms with E-state index in [4.69, 9.17) is 14.8 Å². The van der Waals surface area contributed by atoms with Crippen molar-refractivity contribution in [3.8, 4) is 5.75 Å². The molecule has 0 spiro atoms. The van der Waals surface area contributed by atoms with Gasteiger partial charge in [-0.2, -0.15) is 0 Å². The molecule has 2 aromatic heterocycles. The van der Waals surface area contributed by atoms with Gasteiger partial charge in [0.2, 0.25) is 11.8 Å². The Morgan fingerprint density at radius 1 is 0.855 bits per heavy atom. The quantitative estimate of drug-likeness (QED) is 0.0892. The summed E-state index contributed by atoms with van der Waals surface area (Å²) in [7, 11) is 1.64. The summed E-state index contributed by atoms with van der Waals surface area (Å²) in [5.74, 6) is 3.86. The van der Waals surface area contributed by atoms with Crippen molar-refractivity contribution in [1.29, 1.82) is 0 Å². The molecule has 0 radical (unpaired) electrons. The third-order valence-corrected chi connectivity index (χ3v) is 18.9. The van der Waals surface area contributed by atoms with Gasteiger partial charge in [-0.05, 0) is 177 Å². The fourth-order valence-corrected chi connectivity index (χ4v) is 15.3. The summed E-state index contributed by atoms with van der Waals surface area (Å²) in [5, 5.41) is 27.9. The molecule has 5 aliphatic carbocycles. The first kappa shape index (κ1) is 49.4. The first-order valence-corrected chi connectivity index (χ1v) is 27.5. The standard InChI is InChI=1S/C56H74N6O5S2/c1-33-31-57-53(68-33)59-51(65)22-18-38-29-49(56(6)25-23-44-45(52(38)56)20-16-37-28-48(63)47(30-46(37)44)55(3,4)5)62-67-26-24-40-32-58-54(69-40)60-50(64)21-17-36-27-39(61-66-7)12-10-14-43-41(34(36)2)19-15-35-11-8-9-13-42(35)43/h8-9,11,13,28,30-32,34,36,38,41,43-45,52,63H,10,12,14-27,29H2,1-7H3,(H,57,59,65)(H,58,60,64). The molecule has 9 rings (SSSR count). The van der Waals surface area contributed by atoms with E-state index >= 15 is 0 Å². The van der Waals surface area contributed by atoms with Gasteiger partial charge < -0.3 is 25.4 Å². The summed E-state index contributed by atoms with van der Waals surface area (Å²) in [5.41, 5.74) is 8.68. The molecule has 0 saturated heterocycles. The van der Waals surface area contributed by atoms with Gasteiger partial charge in [-0.25, -0.2) is 9.97 Å². The fraction of sp³-hybridized carbons (Fsp3) is 0.607. The highest BCUT2D eigenvalue weighted by atomic mass is 32.1. The van der Waals surface area contributed by atoms with Crippen molar-refractivity contribution in [1.82, 2.24) is 9.97 Å². The van der Waals surface area contributed by atoms with Gasteiger partial charge in [0.25, 0.3) is 0 Å². The SMILES string of the molecule is CON=C1CCCC2c3ccccc3CCC2C(C)C(CCC(=O)Nc2ncc(CCON=C3CC(CCC(=O)Nc4ncc(C)s4)C4C5CCc6cc(O)c(C(C)(C)C)cc6C5CCC34C)s2)C1. The van der Waals surface area contributed by atoms with E-state index in [1.165, 1.54) is 51.3 Å². The van der Waals surface area contributed by atoms with E-state index in [9.17, 15) is 14.7 Å². The van der Waals surface area contributed by atoms with Gasteiger partial charge in [0.1, 0.15) is 19.5 Å². The molecule has 3 N–H and O–H groups in total. The Morgan fingerprint density at radius 3 is 2.32 bits per heavy atom. The van der Waals surface area contributed by atoms with Gasteiger partial charge in [-0.1, -0.05) is 75.3 Å². The number of fused-ring (bicyclic) bond motifs is 8. The van der Waals surface area contributed by atoms with E-state index in [2.05, 4.69) is 90.7 Å². The molecular weight excluding hydrogens is 901 g/mol. The predicted octanol–water partition coefficient (Wildman–Crippen LogP) is 12.9. The minimum Gasteiger partial charge on any atom is -0.508 e. The largest absolute Gasteiger partial charge is 0.508 e. The number of amides is 2. The molecule has 3 fully saturated rings. The van der Waals surface area contributed by atoms with Crippen molar-refractivity contribution < 1.29 is 24.4 Å². The Labute approximate surface area is 417 Å². The van der Waals surface area contributed by atoms with Crippen LogP contribution in [0.15, 0.2) is 59.1 Å². The van der Waals surface area contributed by atoms with Crippen molar-refractivity contribution in [2.45, 2.75) is 162 Å². The van der Waals surface area contributed by atoms with E-state index in [1.54, 1.807) is 13.3 Å². The van der Waals surface area contributed by atoms with Gasteiger partial charge in [-0.15, -0.1) is 22.7 Å². The molecule has 0 aliphatic heterocycles. The van der Waals surface area contributed by atoms with Crippen molar-refractivity contribution in [3.05, 3.63) is 86.4 Å². The Kier molecular flexibility index (Phi) is 15.0. The van der Waals surface area contributed by atoms with Crippen LogP contribution in [-0.2, 0) is 43.9 Å². The number of benzene rings is 2. The van der Waals surface area contributed by atoms with Crippen molar-refractivity contribution in [3.63, 3.8) is 0 Å². The molecule has 4 aromatic rings. The van der Waals surface area contributed by atoms with Gasteiger partial charge in [0.15, 0.2) is 10.3 Å². The maximum atomic E-state index is 13.5. The number of carbonyl (C=O) groups excluding carboxylic acids is 2. The smallest absolute Gasteiger partial charge is 0.226 e. The Bertz CT molecular complexity index is 2540. The van der Waals surface area contributed by atoms with E-state index < -0.39 is 0 Å². The monoisotopic (exact) mass is 975 g/mol. The number of nitrogens with one attached hydrogen (secondary N) is 2. The van der Waals surface area contributed by atoms with Crippen LogP contribution in [0.2, 0.25) is 0 Å². The zero-order valence-corrected chi connectivity index (χ0v) is 43.6. The van der Waals surface area contributed by atoms with Crippen LogP contribution >= 0.6 is 22.7 Å². The van der Waals surface area contributed by atoms with E-state index in [0.717, 1.165) is 104 Å². The first-order valence-electron chi connectivity index (χ1n) is 25.9. The minimum absolute atomic E-state index is 0.000269. The molecule has 2 aromatic carbocycles. The molecule has 11 nitrogen and oxygen atoms in total. The molecule has 69 heavy (non-hydrogen) atoms. The maximum absolute atomic E-state index is 13.5. The van der Waals surface area contributed by atoms with E-state index in [0.29, 0.717) is 89.2 Å². The molecule has 370 valence electrons. The lowest BCUT2D eigenvalue weighted by Gasteiger charge is -2.50. The average Bonchev–Trinajstić information content (AvgIpc) is 4.03. The van der Waals surface area contributed by atoms with Gasteiger partial charge in [0, 0.05) is 46.8 Å². The number of rotatable bonds is 13. The molecule has 5 aliphatic rings. The van der Waals surface area contributed by atoms with Crippen LogP contribution in [0.5, 0.6) is 5.75 Å². The molecule has 13 heteroatoms. The van der Waals surface area contributed by atoms with Crippen LogP contribution in [0, 0.1) is 47.8 Å². The molecule has 9 unspecified atom stereocenters. The number of thiazole rings is 2. The summed E-state index contributed by atoms with van der Waals surface area (Å²) in [6, 6.07) is 13.4. The van der Waals surface area contributed by atoms with Crippen LogP contribution in [0.25, 0.3) is 0 Å². The Morgan fingerprint density at radius 2 is 1.57 bits per heavy atom. The lowest BCUT2D eigenvalue weighted by atomic mass is 9.53. The van der Waals surface area contributed by atoms with E-state index in [-0.39, 0.29) is 22.6 Å². The topological polar surface area (TPSA) is 147 Å². The summed E-state index contributed by atoms with van der Waals surface area (Å²) in [6.07, 6.45) is 18.0. The van der Waals surface area contributed by atoms with Crippen molar-refractivity contribution in [2.24, 2.45) is 51.2 Å². The number of hydrogen-bond acceptors (Lipinski definition) is 11. The Hall–Kier alpha value is -4.62. The number of aromatic nitrogens is 2. The zero-order valence-electron chi connectivity index (χ0n) is 41.9. The highest BCUT2D eigenvalue weighted by Gasteiger charge is 2.58. The average molecular weight is 975 g/mol. The second-order valence-electron chi connectivity index (χ2n) is 22.3. The number of aryl methyl sites for hydroxylation is 3. The number of carbonyl (C=O) groups is 2. The minimum atomic E-state index is -0.160. The first-order chi connectivity index (χ1) is 33.2. The number of aromatic hydroxyl groups is 1. The van der Waals surface area contributed by atoms with Gasteiger partial charge in [0.05, 0.1) is 11.4 Å². The number of phenolic OH excluding ortho intramolecular Hbond substituents is 1. The number of hydrogen-bond donors (Lipinski definition) is 3. The maximum Gasteiger partial charge on any atom is 0.226 e. The van der Waals surface area contributed by atoms with Crippen molar-refractivity contribution >= 4 is 56.2 Å². The highest BCUT2D eigenvalue weighted by Crippen LogP contribution is 2.63. The molecule has 9 atom stereocenters. The zero-order chi connectivity index (χ0) is 48.5. The third kappa shape index (κ3) is 10.8. The predicted molar refractivity (Wildman–Crippen MR) is 279 cm³/mol. The van der Waals surface area contributed by atoms with Crippen LogP contribution < -0.4 is 10.6 Å². The van der Waals surface area contributed by atoms with Gasteiger partial charge in [-0.3, -0.25) is 9.59 Å². The lowest BCUT2D eigenvalue weighted by molar-refractivity contribution is -0.117. The fourth-order valence-electron chi connectivity index (χ4n) is 13.8. The summed E-state index contributed by atoms with van der Waals surface area (Å²) in [4.78, 5) is 49.4. The number of anilines is 2. The van der Waals surface area contributed by atoms with Gasteiger partial charge >= 0.3 is 0 Å². The Balaban J connectivity index is 0.828. The lowest BCUT2D eigenvalue weighted by Crippen LogP contribution is -2.44. The van der Waals surface area contributed by atoms with Crippen LogP contribution in [0.4, 0.5) is 10.3 Å². The molecule has 3 saturated carbocycles. The molecular formula is C56H74N6O5S2. The van der Waals surface area contributed by atoms with E-state index in [1.807, 2.05) is 19.2 Å². The molecule has 2 amide bonds. The highest BCUT2D eigenvalue weighted by molar-refractivity contribution is 7.16. The normalized spacial score (nSPS) is 28.8. The van der Waals surface area contributed by atoms with Crippen LogP contribution in [0.3, 0.4) is 0 Å². The summed E-state index contributed by atoms with van der Waals surface area (Å²) < 4.78 is 0. The number of oxime groups is 2. The molecule has 0 bridgehead atoms. The summed E-state index contributed by atoms with van der Waals surface area (Å²) >= 11 is 3.01.